The second kappa shape index (κ2) is 5.83. The minimum Gasteiger partial charge on any atom is -0.481 e. The first-order valence-corrected chi connectivity index (χ1v) is 6.35. The van der Waals surface area contributed by atoms with Crippen molar-refractivity contribution >= 4 is 5.97 Å². The molecule has 1 unspecified atom stereocenters. The molecule has 0 amide bonds. The maximum absolute atomic E-state index is 11.0. The largest absolute Gasteiger partial charge is 0.481 e. The van der Waals surface area contributed by atoms with Gasteiger partial charge in [-0.2, -0.15) is 0 Å². The molecule has 18 heavy (non-hydrogen) atoms. The molecule has 0 aromatic heterocycles. The molecule has 96 valence electrons. The first-order valence-electron chi connectivity index (χ1n) is 6.35. The number of hydrogen-bond acceptors (Lipinski definition) is 2. The van der Waals surface area contributed by atoms with E-state index < -0.39 is 5.97 Å². The van der Waals surface area contributed by atoms with Crippen molar-refractivity contribution in [2.75, 3.05) is 13.1 Å². The number of carboxylic acids is 1. The molecule has 0 saturated heterocycles. The lowest BCUT2D eigenvalue weighted by molar-refractivity contribution is -0.140. The van der Waals surface area contributed by atoms with E-state index in [-0.39, 0.29) is 5.92 Å². The van der Waals surface area contributed by atoms with E-state index in [0.717, 1.165) is 31.6 Å². The SMILES string of the molecule is CC(C(=O)O)C1=CCCN(Cc2ccccc2)C1. The summed E-state index contributed by atoms with van der Waals surface area (Å²) in [6.45, 7) is 4.43. The van der Waals surface area contributed by atoms with Crippen LogP contribution in [-0.4, -0.2) is 29.1 Å². The van der Waals surface area contributed by atoms with E-state index in [1.165, 1.54) is 5.56 Å². The summed E-state index contributed by atoms with van der Waals surface area (Å²) in [7, 11) is 0. The Morgan fingerprint density at radius 2 is 2.11 bits per heavy atom. The van der Waals surface area contributed by atoms with E-state index in [0.29, 0.717) is 0 Å². The number of carboxylic acid groups (broad SMARTS) is 1. The molecule has 3 heteroatoms. The molecular weight excluding hydrogens is 226 g/mol. The summed E-state index contributed by atoms with van der Waals surface area (Å²) in [5, 5.41) is 9.05. The highest BCUT2D eigenvalue weighted by Gasteiger charge is 2.21. The average molecular weight is 245 g/mol. The van der Waals surface area contributed by atoms with E-state index in [9.17, 15) is 4.79 Å². The van der Waals surface area contributed by atoms with Gasteiger partial charge in [0.2, 0.25) is 0 Å². The van der Waals surface area contributed by atoms with Crippen LogP contribution in [0.1, 0.15) is 18.9 Å². The van der Waals surface area contributed by atoms with Gasteiger partial charge in [0.15, 0.2) is 0 Å². The van der Waals surface area contributed by atoms with Crippen molar-refractivity contribution in [2.45, 2.75) is 19.9 Å². The Morgan fingerprint density at radius 1 is 1.39 bits per heavy atom. The zero-order valence-electron chi connectivity index (χ0n) is 10.7. The molecule has 1 aromatic rings. The second-order valence-corrected chi connectivity index (χ2v) is 4.82. The van der Waals surface area contributed by atoms with Crippen LogP contribution in [0.25, 0.3) is 0 Å². The Balaban J connectivity index is 1.98. The molecule has 1 atom stereocenters. The van der Waals surface area contributed by atoms with Crippen LogP contribution in [0, 0.1) is 5.92 Å². The molecule has 1 aromatic carbocycles. The maximum atomic E-state index is 11.0. The molecule has 0 fully saturated rings. The molecule has 0 aliphatic carbocycles. The molecular formula is C15H19NO2. The second-order valence-electron chi connectivity index (χ2n) is 4.82. The van der Waals surface area contributed by atoms with Crippen LogP contribution < -0.4 is 0 Å². The first-order chi connectivity index (χ1) is 8.66. The third-order valence-electron chi connectivity index (χ3n) is 3.43. The normalized spacial score (nSPS) is 18.2. The molecule has 0 spiro atoms. The van der Waals surface area contributed by atoms with Crippen LogP contribution in [0.5, 0.6) is 0 Å². The summed E-state index contributed by atoms with van der Waals surface area (Å²) < 4.78 is 0. The fourth-order valence-corrected chi connectivity index (χ4v) is 2.28. The first kappa shape index (κ1) is 12.8. The smallest absolute Gasteiger partial charge is 0.310 e. The standard InChI is InChI=1S/C15H19NO2/c1-12(15(17)18)14-8-5-9-16(11-14)10-13-6-3-2-4-7-13/h2-4,6-8,12H,5,9-11H2,1H3,(H,17,18). The van der Waals surface area contributed by atoms with Gasteiger partial charge in [0.1, 0.15) is 0 Å². The van der Waals surface area contributed by atoms with Gasteiger partial charge in [0, 0.05) is 19.6 Å². The van der Waals surface area contributed by atoms with Gasteiger partial charge in [-0.15, -0.1) is 0 Å². The summed E-state index contributed by atoms with van der Waals surface area (Å²) in [4.78, 5) is 13.3. The third kappa shape index (κ3) is 3.20. The predicted octanol–water partition coefficient (Wildman–Crippen LogP) is 2.54. The minimum atomic E-state index is -0.734. The molecule has 0 radical (unpaired) electrons. The van der Waals surface area contributed by atoms with Gasteiger partial charge in [-0.1, -0.05) is 36.4 Å². The lowest BCUT2D eigenvalue weighted by Crippen LogP contribution is -2.32. The van der Waals surface area contributed by atoms with E-state index >= 15 is 0 Å². The summed E-state index contributed by atoms with van der Waals surface area (Å²) in [5.74, 6) is -1.11. The summed E-state index contributed by atoms with van der Waals surface area (Å²) in [6, 6.07) is 10.3. The third-order valence-corrected chi connectivity index (χ3v) is 3.43. The van der Waals surface area contributed by atoms with Crippen LogP contribution in [0.2, 0.25) is 0 Å². The number of nitrogens with zero attached hydrogens (tertiary/aromatic N) is 1. The van der Waals surface area contributed by atoms with Gasteiger partial charge in [-0.3, -0.25) is 9.69 Å². The van der Waals surface area contributed by atoms with Crippen LogP contribution in [0.3, 0.4) is 0 Å². The van der Waals surface area contributed by atoms with Gasteiger partial charge in [0.25, 0.3) is 0 Å². The van der Waals surface area contributed by atoms with Crippen molar-refractivity contribution in [2.24, 2.45) is 5.92 Å². The Kier molecular flexibility index (Phi) is 4.15. The highest BCUT2D eigenvalue weighted by molar-refractivity contribution is 5.73. The summed E-state index contributed by atoms with van der Waals surface area (Å²) in [5.41, 5.74) is 2.31. The number of aliphatic carboxylic acids is 1. The highest BCUT2D eigenvalue weighted by atomic mass is 16.4. The van der Waals surface area contributed by atoms with E-state index in [2.05, 4.69) is 23.1 Å². The van der Waals surface area contributed by atoms with E-state index in [1.54, 1.807) is 6.92 Å². The number of rotatable bonds is 4. The predicted molar refractivity (Wildman–Crippen MR) is 71.2 cm³/mol. The lowest BCUT2D eigenvalue weighted by Gasteiger charge is -2.28. The van der Waals surface area contributed by atoms with E-state index in [1.807, 2.05) is 18.2 Å². The Hall–Kier alpha value is -1.61. The Bertz CT molecular complexity index is 439. The molecule has 2 rings (SSSR count). The molecule has 1 aliphatic heterocycles. The Morgan fingerprint density at radius 3 is 2.78 bits per heavy atom. The molecule has 0 bridgehead atoms. The fraction of sp³-hybridized carbons (Fsp3) is 0.400. The van der Waals surface area contributed by atoms with Crippen LogP contribution >= 0.6 is 0 Å². The lowest BCUT2D eigenvalue weighted by atomic mass is 9.96. The van der Waals surface area contributed by atoms with Gasteiger partial charge < -0.3 is 5.11 Å². The highest BCUT2D eigenvalue weighted by Crippen LogP contribution is 2.19. The van der Waals surface area contributed by atoms with Crippen molar-refractivity contribution in [3.8, 4) is 0 Å². The quantitative estimate of drug-likeness (QED) is 0.829. The van der Waals surface area contributed by atoms with Crippen LogP contribution in [-0.2, 0) is 11.3 Å². The van der Waals surface area contributed by atoms with Crippen molar-refractivity contribution in [3.05, 3.63) is 47.5 Å². The molecule has 1 heterocycles. The van der Waals surface area contributed by atoms with Crippen molar-refractivity contribution < 1.29 is 9.90 Å². The maximum Gasteiger partial charge on any atom is 0.310 e. The molecule has 1 N–H and O–H groups in total. The molecule has 1 aliphatic rings. The van der Waals surface area contributed by atoms with Crippen molar-refractivity contribution in [3.63, 3.8) is 0 Å². The number of hydrogen-bond donors (Lipinski definition) is 1. The van der Waals surface area contributed by atoms with Gasteiger partial charge in [-0.25, -0.2) is 0 Å². The Labute approximate surface area is 108 Å². The number of benzene rings is 1. The zero-order valence-corrected chi connectivity index (χ0v) is 10.7. The monoisotopic (exact) mass is 245 g/mol. The van der Waals surface area contributed by atoms with Crippen molar-refractivity contribution in [1.82, 2.24) is 4.90 Å². The van der Waals surface area contributed by atoms with Gasteiger partial charge >= 0.3 is 5.97 Å². The zero-order chi connectivity index (χ0) is 13.0. The fourth-order valence-electron chi connectivity index (χ4n) is 2.28. The molecule has 0 saturated carbocycles. The average Bonchev–Trinajstić information content (AvgIpc) is 2.39. The minimum absolute atomic E-state index is 0.372. The van der Waals surface area contributed by atoms with Crippen molar-refractivity contribution in [1.29, 1.82) is 0 Å². The van der Waals surface area contributed by atoms with Gasteiger partial charge in [-0.05, 0) is 24.5 Å². The molecule has 3 nitrogen and oxygen atoms in total. The van der Waals surface area contributed by atoms with E-state index in [4.69, 9.17) is 5.11 Å². The summed E-state index contributed by atoms with van der Waals surface area (Å²) >= 11 is 0. The summed E-state index contributed by atoms with van der Waals surface area (Å²) in [6.07, 6.45) is 3.03. The number of carbonyl (C=O) groups is 1. The topological polar surface area (TPSA) is 40.5 Å². The van der Waals surface area contributed by atoms with Crippen LogP contribution in [0.15, 0.2) is 42.0 Å². The van der Waals surface area contributed by atoms with Gasteiger partial charge in [0.05, 0.1) is 5.92 Å². The van der Waals surface area contributed by atoms with Crippen LogP contribution in [0.4, 0.5) is 0 Å².